The largest absolute Gasteiger partial charge is 0.480 e. The summed E-state index contributed by atoms with van der Waals surface area (Å²) in [7, 11) is 0. The molecule has 0 radical (unpaired) electrons. The van der Waals surface area contributed by atoms with E-state index in [0.29, 0.717) is 13.0 Å². The van der Waals surface area contributed by atoms with E-state index in [4.69, 9.17) is 16.3 Å². The zero-order valence-electron chi connectivity index (χ0n) is 6.62. The van der Waals surface area contributed by atoms with Crippen LogP contribution in [0.25, 0.3) is 0 Å². The highest BCUT2D eigenvalue weighted by Crippen LogP contribution is 2.10. The molecule has 0 aromatic carbocycles. The van der Waals surface area contributed by atoms with Gasteiger partial charge in [0.05, 0.1) is 6.10 Å². The first-order chi connectivity index (χ1) is 5.75. The highest BCUT2D eigenvalue weighted by Gasteiger charge is 2.32. The van der Waals surface area contributed by atoms with Gasteiger partial charge in [-0.25, -0.2) is 0 Å². The maximum Gasteiger partial charge on any atom is 0.323 e. The molecule has 1 aliphatic rings. The number of ether oxygens (including phenoxy) is 1. The number of carbonyl (C=O) groups is 1. The molecular formula is C8H11NO3. The number of aliphatic carboxylic acids is 1. The molecule has 1 rings (SSSR count). The summed E-state index contributed by atoms with van der Waals surface area (Å²) >= 11 is 0. The minimum atomic E-state index is -0.880. The highest BCUT2D eigenvalue weighted by molar-refractivity contribution is 5.74. The fraction of sp³-hybridized carbons (Fsp3) is 0.625. The van der Waals surface area contributed by atoms with Gasteiger partial charge in [0.1, 0.15) is 12.6 Å². The summed E-state index contributed by atoms with van der Waals surface area (Å²) in [5, 5.41) is 11.5. The van der Waals surface area contributed by atoms with Crippen molar-refractivity contribution < 1.29 is 14.6 Å². The van der Waals surface area contributed by atoms with Crippen molar-refractivity contribution in [2.45, 2.75) is 18.6 Å². The van der Waals surface area contributed by atoms with E-state index in [1.54, 1.807) is 0 Å². The van der Waals surface area contributed by atoms with Crippen LogP contribution < -0.4 is 5.32 Å². The third-order valence-corrected chi connectivity index (χ3v) is 1.81. The number of hydrogen-bond donors (Lipinski definition) is 2. The Balaban J connectivity index is 2.42. The topological polar surface area (TPSA) is 58.6 Å². The molecule has 66 valence electrons. The molecule has 1 heterocycles. The number of terminal acetylenes is 1. The van der Waals surface area contributed by atoms with Gasteiger partial charge in [0.15, 0.2) is 0 Å². The van der Waals surface area contributed by atoms with Gasteiger partial charge < -0.3 is 15.2 Å². The monoisotopic (exact) mass is 169 g/mol. The van der Waals surface area contributed by atoms with E-state index in [0.717, 1.165) is 0 Å². The van der Waals surface area contributed by atoms with Crippen molar-refractivity contribution in [1.82, 2.24) is 5.32 Å². The molecular weight excluding hydrogens is 158 g/mol. The van der Waals surface area contributed by atoms with E-state index < -0.39 is 12.0 Å². The predicted octanol–water partition coefficient (Wildman–Crippen LogP) is -0.549. The number of rotatable bonds is 3. The molecule has 0 amide bonds. The normalized spacial score (nSPS) is 28.2. The molecule has 1 unspecified atom stereocenters. The van der Waals surface area contributed by atoms with Crippen LogP contribution in [0.1, 0.15) is 6.42 Å². The van der Waals surface area contributed by atoms with Crippen LogP contribution in [0, 0.1) is 12.3 Å². The average molecular weight is 169 g/mol. The first kappa shape index (κ1) is 9.04. The maximum atomic E-state index is 10.6. The summed E-state index contributed by atoms with van der Waals surface area (Å²) in [5.41, 5.74) is 0. The summed E-state index contributed by atoms with van der Waals surface area (Å²) in [5.74, 6) is 1.43. The third kappa shape index (κ3) is 1.97. The van der Waals surface area contributed by atoms with Gasteiger partial charge in [-0.2, -0.15) is 0 Å². The fourth-order valence-corrected chi connectivity index (χ4v) is 1.26. The second-order valence-electron chi connectivity index (χ2n) is 2.61. The van der Waals surface area contributed by atoms with Crippen LogP contribution in [0.4, 0.5) is 0 Å². The maximum absolute atomic E-state index is 10.6. The van der Waals surface area contributed by atoms with Gasteiger partial charge in [0, 0.05) is 0 Å². The van der Waals surface area contributed by atoms with E-state index in [-0.39, 0.29) is 12.7 Å². The number of carboxylic acid groups (broad SMARTS) is 1. The van der Waals surface area contributed by atoms with Crippen molar-refractivity contribution in [3.8, 4) is 12.3 Å². The number of hydrogen-bond acceptors (Lipinski definition) is 3. The fourth-order valence-electron chi connectivity index (χ4n) is 1.26. The number of carboxylic acids is 1. The van der Waals surface area contributed by atoms with Crippen LogP contribution in [0.3, 0.4) is 0 Å². The molecule has 1 saturated heterocycles. The van der Waals surface area contributed by atoms with E-state index in [2.05, 4.69) is 11.2 Å². The molecule has 0 saturated carbocycles. The highest BCUT2D eigenvalue weighted by atomic mass is 16.5. The molecule has 4 heteroatoms. The third-order valence-electron chi connectivity index (χ3n) is 1.81. The summed E-state index contributed by atoms with van der Waals surface area (Å²) in [6.07, 6.45) is 5.41. The van der Waals surface area contributed by atoms with Gasteiger partial charge in [-0.3, -0.25) is 4.79 Å². The van der Waals surface area contributed by atoms with Crippen LogP contribution in [0.15, 0.2) is 0 Å². The lowest BCUT2D eigenvalue weighted by atomic mass is 10.2. The molecule has 1 aliphatic heterocycles. The van der Waals surface area contributed by atoms with Gasteiger partial charge in [-0.05, 0) is 13.0 Å². The smallest absolute Gasteiger partial charge is 0.323 e. The van der Waals surface area contributed by atoms with Gasteiger partial charge >= 0.3 is 5.97 Å². The molecule has 2 atom stereocenters. The minimum absolute atomic E-state index is 0.177. The van der Waals surface area contributed by atoms with Crippen LogP contribution in [-0.4, -0.2) is 36.4 Å². The first-order valence-electron chi connectivity index (χ1n) is 3.77. The van der Waals surface area contributed by atoms with E-state index >= 15 is 0 Å². The molecule has 0 aliphatic carbocycles. The Kier molecular flexibility index (Phi) is 3.09. The Morgan fingerprint density at radius 3 is 3.17 bits per heavy atom. The lowest BCUT2D eigenvalue weighted by Gasteiger charge is -2.14. The van der Waals surface area contributed by atoms with E-state index in [1.165, 1.54) is 0 Å². The van der Waals surface area contributed by atoms with Crippen molar-refractivity contribution in [3.05, 3.63) is 0 Å². The van der Waals surface area contributed by atoms with Gasteiger partial charge in [0.2, 0.25) is 0 Å². The van der Waals surface area contributed by atoms with Crippen LogP contribution in [0.5, 0.6) is 0 Å². The summed E-state index contributed by atoms with van der Waals surface area (Å²) < 4.78 is 5.15. The molecule has 2 N–H and O–H groups in total. The van der Waals surface area contributed by atoms with Crippen LogP contribution in [0.2, 0.25) is 0 Å². The summed E-state index contributed by atoms with van der Waals surface area (Å²) in [6.45, 7) is 0.850. The van der Waals surface area contributed by atoms with Crippen molar-refractivity contribution in [2.24, 2.45) is 0 Å². The number of nitrogens with one attached hydrogen (secondary N) is 1. The van der Waals surface area contributed by atoms with E-state index in [1.807, 2.05) is 0 Å². The second-order valence-corrected chi connectivity index (χ2v) is 2.61. The average Bonchev–Trinajstić information content (AvgIpc) is 2.48. The zero-order valence-corrected chi connectivity index (χ0v) is 6.62. The lowest BCUT2D eigenvalue weighted by molar-refractivity contribution is -0.142. The molecule has 0 bridgehead atoms. The Bertz CT molecular complexity index is 209. The summed E-state index contributed by atoms with van der Waals surface area (Å²) in [4.78, 5) is 10.6. The van der Waals surface area contributed by atoms with Crippen molar-refractivity contribution >= 4 is 5.97 Å². The Morgan fingerprint density at radius 2 is 2.58 bits per heavy atom. The van der Waals surface area contributed by atoms with Crippen LogP contribution >= 0.6 is 0 Å². The quantitative estimate of drug-likeness (QED) is 0.557. The lowest BCUT2D eigenvalue weighted by Crippen LogP contribution is -2.39. The molecule has 1 fully saturated rings. The molecule has 0 aromatic rings. The van der Waals surface area contributed by atoms with E-state index in [9.17, 15) is 4.79 Å². The Morgan fingerprint density at radius 1 is 1.83 bits per heavy atom. The Hall–Kier alpha value is -1.05. The molecule has 0 aromatic heterocycles. The standard InChI is InChI=1S/C8H11NO3/c1-2-5-12-6-3-4-9-7(6)8(10)11/h1,6-7,9H,3-5H2,(H,10,11)/t6?,7-/m0/s1. The molecule has 4 nitrogen and oxygen atoms in total. The van der Waals surface area contributed by atoms with Crippen molar-refractivity contribution in [2.75, 3.05) is 13.2 Å². The van der Waals surface area contributed by atoms with Crippen molar-refractivity contribution in [1.29, 1.82) is 0 Å². The molecule has 0 spiro atoms. The Labute approximate surface area is 70.9 Å². The van der Waals surface area contributed by atoms with Gasteiger partial charge in [-0.1, -0.05) is 5.92 Å². The second kappa shape index (κ2) is 4.10. The minimum Gasteiger partial charge on any atom is -0.480 e. The van der Waals surface area contributed by atoms with Crippen molar-refractivity contribution in [3.63, 3.8) is 0 Å². The molecule has 12 heavy (non-hydrogen) atoms. The van der Waals surface area contributed by atoms with Gasteiger partial charge in [-0.15, -0.1) is 6.42 Å². The summed E-state index contributed by atoms with van der Waals surface area (Å²) in [6, 6.07) is -0.599. The zero-order chi connectivity index (χ0) is 8.97. The van der Waals surface area contributed by atoms with Gasteiger partial charge in [0.25, 0.3) is 0 Å². The SMILES string of the molecule is C#CCOC1CCN[C@@H]1C(=O)O. The first-order valence-corrected chi connectivity index (χ1v) is 3.77. The van der Waals surface area contributed by atoms with Crippen LogP contribution in [-0.2, 0) is 9.53 Å². The predicted molar refractivity (Wildman–Crippen MR) is 42.6 cm³/mol.